The monoisotopic (exact) mass is 518 g/mol. The highest BCUT2D eigenvalue weighted by Gasteiger charge is 2.15. The molecule has 0 atom stereocenters. The van der Waals surface area contributed by atoms with Crippen LogP contribution >= 0.6 is 0 Å². The fraction of sp³-hybridized carbons (Fsp3) is 0.308. The number of hydrogen-bond donors (Lipinski definition) is 2. The molecule has 0 saturated carbocycles. The minimum Gasteiger partial charge on any atom is -0.493 e. The van der Waals surface area contributed by atoms with Crippen molar-refractivity contribution in [1.29, 1.82) is 0 Å². The summed E-state index contributed by atoms with van der Waals surface area (Å²) in [6.45, 7) is 0.857. The highest BCUT2D eigenvalue weighted by Crippen LogP contribution is 2.40. The van der Waals surface area contributed by atoms with Crippen molar-refractivity contribution < 1.29 is 53.0 Å². The molecule has 0 aliphatic carbocycles. The van der Waals surface area contributed by atoms with Crippen LogP contribution in [0.5, 0.6) is 34.5 Å². The number of benzene rings is 2. The third-order valence-electron chi connectivity index (χ3n) is 4.75. The molecule has 37 heavy (non-hydrogen) atoms. The van der Waals surface area contributed by atoms with Crippen LogP contribution in [-0.4, -0.2) is 77.0 Å². The zero-order chi connectivity index (χ0) is 27.2. The molecular formula is C26H30O11. The lowest BCUT2D eigenvalue weighted by Gasteiger charge is -2.16. The Morgan fingerprint density at radius 2 is 0.946 bits per heavy atom. The van der Waals surface area contributed by atoms with Crippen molar-refractivity contribution in [3.8, 4) is 34.5 Å². The maximum absolute atomic E-state index is 10.8. The van der Waals surface area contributed by atoms with Crippen LogP contribution in [0.15, 0.2) is 36.4 Å². The SMILES string of the molecule is COc1cc(C=CC(=O)O)cc(OC)c1OCCOCCOc1c(OC)cc(C=CC(=O)O)cc1OC. The average molecular weight is 519 g/mol. The summed E-state index contributed by atoms with van der Waals surface area (Å²) in [5.41, 5.74) is 1.15. The number of carboxylic acid groups (broad SMARTS) is 2. The van der Waals surface area contributed by atoms with Crippen molar-refractivity contribution in [2.75, 3.05) is 54.9 Å². The van der Waals surface area contributed by atoms with Crippen LogP contribution in [0, 0.1) is 0 Å². The first kappa shape index (κ1) is 28.9. The maximum atomic E-state index is 10.8. The fourth-order valence-corrected chi connectivity index (χ4v) is 3.12. The number of carboxylic acids is 2. The highest BCUT2D eigenvalue weighted by atomic mass is 16.6. The summed E-state index contributed by atoms with van der Waals surface area (Å²) in [7, 11) is 5.88. The summed E-state index contributed by atoms with van der Waals surface area (Å²) < 4.78 is 38.6. The van der Waals surface area contributed by atoms with Crippen LogP contribution < -0.4 is 28.4 Å². The van der Waals surface area contributed by atoms with E-state index in [4.69, 9.17) is 43.4 Å². The first-order valence-corrected chi connectivity index (χ1v) is 11.0. The second-order valence-corrected chi connectivity index (χ2v) is 7.16. The van der Waals surface area contributed by atoms with Gasteiger partial charge < -0.3 is 43.4 Å². The largest absolute Gasteiger partial charge is 0.493 e. The lowest BCUT2D eigenvalue weighted by Crippen LogP contribution is -2.13. The van der Waals surface area contributed by atoms with E-state index in [9.17, 15) is 9.59 Å². The quantitative estimate of drug-likeness (QED) is 0.250. The average Bonchev–Trinajstić information content (AvgIpc) is 2.89. The zero-order valence-corrected chi connectivity index (χ0v) is 21.0. The summed E-state index contributed by atoms with van der Waals surface area (Å²) >= 11 is 0. The number of methoxy groups -OCH3 is 4. The summed E-state index contributed by atoms with van der Waals surface area (Å²) in [6, 6.07) is 6.54. The van der Waals surface area contributed by atoms with E-state index in [2.05, 4.69) is 0 Å². The van der Waals surface area contributed by atoms with E-state index >= 15 is 0 Å². The van der Waals surface area contributed by atoms with Crippen molar-refractivity contribution in [2.24, 2.45) is 0 Å². The zero-order valence-electron chi connectivity index (χ0n) is 21.0. The van der Waals surface area contributed by atoms with Gasteiger partial charge in [0.05, 0.1) is 41.7 Å². The lowest BCUT2D eigenvalue weighted by molar-refractivity contribution is -0.132. The standard InChI is InChI=1S/C26H30O11/c1-31-19-13-17(5-7-23(27)28)14-20(32-2)25(19)36-11-9-35-10-12-37-26-21(33-3)15-18(6-8-24(29)30)16-22(26)34-4/h5-8,13-16H,9-12H2,1-4H3,(H,27,28)(H,29,30). The molecular weight excluding hydrogens is 488 g/mol. The Morgan fingerprint density at radius 3 is 1.22 bits per heavy atom. The van der Waals surface area contributed by atoms with E-state index in [1.165, 1.54) is 40.6 Å². The smallest absolute Gasteiger partial charge is 0.328 e. The van der Waals surface area contributed by atoms with Crippen LogP contribution in [-0.2, 0) is 14.3 Å². The van der Waals surface area contributed by atoms with Gasteiger partial charge in [0, 0.05) is 12.2 Å². The normalized spacial score (nSPS) is 10.9. The maximum Gasteiger partial charge on any atom is 0.328 e. The van der Waals surface area contributed by atoms with Gasteiger partial charge in [-0.05, 0) is 47.5 Å². The molecule has 0 spiro atoms. The Labute approximate surface area is 214 Å². The van der Waals surface area contributed by atoms with E-state index in [1.54, 1.807) is 24.3 Å². The molecule has 2 aromatic rings. The molecule has 0 aromatic heterocycles. The van der Waals surface area contributed by atoms with Gasteiger partial charge in [-0.15, -0.1) is 0 Å². The van der Waals surface area contributed by atoms with Gasteiger partial charge in [0.15, 0.2) is 23.0 Å². The Bertz CT molecular complexity index is 984. The molecule has 0 bridgehead atoms. The van der Waals surface area contributed by atoms with Crippen LogP contribution in [0.3, 0.4) is 0 Å². The second kappa shape index (κ2) is 14.9. The summed E-state index contributed by atoms with van der Waals surface area (Å²) in [5, 5.41) is 17.6. The third-order valence-corrected chi connectivity index (χ3v) is 4.75. The molecule has 0 fully saturated rings. The first-order valence-electron chi connectivity index (χ1n) is 11.0. The minimum absolute atomic E-state index is 0.189. The van der Waals surface area contributed by atoms with Gasteiger partial charge >= 0.3 is 11.9 Å². The fourth-order valence-electron chi connectivity index (χ4n) is 3.12. The number of ether oxygens (including phenoxy) is 7. The van der Waals surface area contributed by atoms with Crippen LogP contribution in [0.1, 0.15) is 11.1 Å². The molecule has 0 aliphatic rings. The van der Waals surface area contributed by atoms with Crippen molar-refractivity contribution in [3.05, 3.63) is 47.5 Å². The van der Waals surface area contributed by atoms with Gasteiger partial charge in [0.2, 0.25) is 11.5 Å². The minimum atomic E-state index is -1.07. The van der Waals surface area contributed by atoms with Crippen molar-refractivity contribution >= 4 is 24.1 Å². The Morgan fingerprint density at radius 1 is 0.622 bits per heavy atom. The topological polar surface area (TPSA) is 139 Å². The van der Waals surface area contributed by atoms with Crippen molar-refractivity contribution in [3.63, 3.8) is 0 Å². The van der Waals surface area contributed by atoms with Crippen LogP contribution in [0.2, 0.25) is 0 Å². The van der Waals surface area contributed by atoms with Gasteiger partial charge in [-0.1, -0.05) is 0 Å². The van der Waals surface area contributed by atoms with E-state index in [1.807, 2.05) is 0 Å². The Kier molecular flexibility index (Phi) is 11.6. The van der Waals surface area contributed by atoms with Gasteiger partial charge in [-0.3, -0.25) is 0 Å². The van der Waals surface area contributed by atoms with Crippen LogP contribution in [0.4, 0.5) is 0 Å². The second-order valence-electron chi connectivity index (χ2n) is 7.16. The van der Waals surface area contributed by atoms with E-state index in [0.717, 1.165) is 12.2 Å². The van der Waals surface area contributed by atoms with Crippen molar-refractivity contribution in [1.82, 2.24) is 0 Å². The van der Waals surface area contributed by atoms with E-state index < -0.39 is 11.9 Å². The van der Waals surface area contributed by atoms with Gasteiger partial charge in [-0.2, -0.15) is 0 Å². The van der Waals surface area contributed by atoms with E-state index in [0.29, 0.717) is 45.6 Å². The highest BCUT2D eigenvalue weighted by molar-refractivity contribution is 5.86. The van der Waals surface area contributed by atoms with Gasteiger partial charge in [0.1, 0.15) is 13.2 Å². The summed E-state index contributed by atoms with van der Waals surface area (Å²) in [6.07, 6.45) is 4.87. The lowest BCUT2D eigenvalue weighted by atomic mass is 10.1. The van der Waals surface area contributed by atoms with Gasteiger partial charge in [0.25, 0.3) is 0 Å². The van der Waals surface area contributed by atoms with E-state index in [-0.39, 0.29) is 26.4 Å². The number of aliphatic carboxylic acids is 2. The molecule has 2 aromatic carbocycles. The molecule has 2 rings (SSSR count). The molecule has 0 radical (unpaired) electrons. The molecule has 11 heteroatoms. The number of hydrogen-bond acceptors (Lipinski definition) is 9. The molecule has 0 amide bonds. The Hall–Kier alpha value is -4.38. The molecule has 0 aliphatic heterocycles. The summed E-state index contributed by atoms with van der Waals surface area (Å²) in [4.78, 5) is 21.5. The molecule has 0 unspecified atom stereocenters. The third kappa shape index (κ3) is 8.97. The Balaban J connectivity index is 1.92. The molecule has 0 heterocycles. The van der Waals surface area contributed by atoms with Crippen LogP contribution in [0.25, 0.3) is 12.2 Å². The molecule has 11 nitrogen and oxygen atoms in total. The predicted octanol–water partition coefficient (Wildman–Crippen LogP) is 3.39. The predicted molar refractivity (Wildman–Crippen MR) is 134 cm³/mol. The number of rotatable bonds is 16. The van der Waals surface area contributed by atoms with Gasteiger partial charge in [-0.25, -0.2) is 9.59 Å². The molecule has 200 valence electrons. The summed E-state index contributed by atoms with van der Waals surface area (Å²) in [5.74, 6) is 0.124. The molecule has 0 saturated heterocycles. The van der Waals surface area contributed by atoms with Crippen molar-refractivity contribution in [2.45, 2.75) is 0 Å². The first-order chi connectivity index (χ1) is 17.8. The number of carbonyl (C=O) groups is 2. The molecule has 2 N–H and O–H groups in total.